The number of alkyl halides is 3. The van der Waals surface area contributed by atoms with E-state index in [4.69, 9.17) is 9.57 Å². The van der Waals surface area contributed by atoms with Crippen LogP contribution >= 0.6 is 0 Å². The van der Waals surface area contributed by atoms with Gasteiger partial charge in [0.15, 0.2) is 11.9 Å². The highest BCUT2D eigenvalue weighted by atomic mass is 32.2. The standard InChI is InChI=1S/C31H29F3N7O8S/c1-19-8-10-21(11-9-19)26-18-27(31(32,33)34)35-40(26)22-12-14-23(15-13-22)50(46,47)36-30(44)48-17-16-38(3)41(45)37-49-20(2)39-28(42)24-6-4-5-7-25(24)29(39)43/h4-15,18,20,37H,16-17H2,1-3H3,(H,36,44)/q-1. The van der Waals surface area contributed by atoms with Gasteiger partial charge in [-0.3, -0.25) is 14.4 Å². The Hall–Kier alpha value is -5.18. The number of rotatable bonds is 12. The van der Waals surface area contributed by atoms with E-state index in [-0.39, 0.29) is 34.3 Å². The second kappa shape index (κ2) is 14.4. The van der Waals surface area contributed by atoms with Gasteiger partial charge >= 0.3 is 12.3 Å². The van der Waals surface area contributed by atoms with E-state index >= 15 is 0 Å². The summed E-state index contributed by atoms with van der Waals surface area (Å²) in [5, 5.41) is 17.1. The number of likely N-dealkylation sites (N-methyl/N-ethyl adjacent to an activating group) is 1. The number of amides is 3. The van der Waals surface area contributed by atoms with Crippen molar-refractivity contribution in [1.29, 1.82) is 0 Å². The Balaban J connectivity index is 1.13. The molecule has 0 spiro atoms. The Labute approximate surface area is 283 Å². The fourth-order valence-electron chi connectivity index (χ4n) is 4.75. The number of ether oxygens (including phenoxy) is 1. The van der Waals surface area contributed by atoms with Crippen molar-refractivity contribution >= 4 is 27.9 Å². The monoisotopic (exact) mass is 716 g/mol. The first-order valence-electron chi connectivity index (χ1n) is 14.7. The van der Waals surface area contributed by atoms with Crippen LogP contribution in [0, 0.1) is 12.1 Å². The summed E-state index contributed by atoms with van der Waals surface area (Å²) >= 11 is 0. The third-order valence-electron chi connectivity index (χ3n) is 7.41. The highest BCUT2D eigenvalue weighted by molar-refractivity contribution is 7.90. The maximum absolute atomic E-state index is 13.5. The highest BCUT2D eigenvalue weighted by Crippen LogP contribution is 2.33. The number of carbonyl (C=O) groups is 3. The van der Waals surface area contributed by atoms with Crippen LogP contribution < -0.4 is 10.3 Å². The third-order valence-corrected chi connectivity index (χ3v) is 8.73. The van der Waals surface area contributed by atoms with Crippen molar-refractivity contribution < 1.29 is 45.5 Å². The minimum absolute atomic E-state index is 0.0930. The highest BCUT2D eigenvalue weighted by Gasteiger charge is 2.39. The summed E-state index contributed by atoms with van der Waals surface area (Å²) in [6.45, 7) is 2.48. The number of halogens is 3. The molecule has 3 amide bonds. The zero-order chi connectivity index (χ0) is 36.4. The fourth-order valence-corrected chi connectivity index (χ4v) is 5.64. The lowest BCUT2D eigenvalue weighted by Crippen LogP contribution is -2.50. The molecule has 0 bridgehead atoms. The summed E-state index contributed by atoms with van der Waals surface area (Å²) in [5.74, 6) is -1.19. The smallest absolute Gasteiger partial charge is 0.435 e. The normalized spacial score (nSPS) is 14.0. The molecule has 0 saturated carbocycles. The van der Waals surface area contributed by atoms with Crippen molar-refractivity contribution in [3.05, 3.63) is 106 Å². The van der Waals surface area contributed by atoms with Crippen LogP contribution in [0.2, 0.25) is 0 Å². The van der Waals surface area contributed by atoms with Crippen LogP contribution in [-0.4, -0.2) is 77.7 Å². The van der Waals surface area contributed by atoms with Gasteiger partial charge in [0.05, 0.1) is 27.4 Å². The average molecular weight is 717 g/mol. The molecule has 4 aromatic rings. The van der Waals surface area contributed by atoms with Crippen LogP contribution in [0.4, 0.5) is 18.0 Å². The maximum atomic E-state index is 13.5. The Morgan fingerprint density at radius 3 is 2.18 bits per heavy atom. The van der Waals surface area contributed by atoms with Gasteiger partial charge in [-0.2, -0.15) is 18.3 Å². The Morgan fingerprint density at radius 2 is 1.60 bits per heavy atom. The summed E-state index contributed by atoms with van der Waals surface area (Å²) in [7, 11) is -3.20. The van der Waals surface area contributed by atoms with Crippen LogP contribution in [0.15, 0.2) is 83.8 Å². The number of nitrogens with zero attached hydrogens (tertiary/aromatic N) is 5. The number of benzene rings is 3. The van der Waals surface area contributed by atoms with Crippen molar-refractivity contribution in [1.82, 2.24) is 35.3 Å². The number of sulfonamides is 1. The first-order chi connectivity index (χ1) is 23.6. The van der Waals surface area contributed by atoms with Crippen LogP contribution in [-0.2, 0) is 25.8 Å². The van der Waals surface area contributed by atoms with Gasteiger partial charge in [0.25, 0.3) is 21.8 Å². The molecule has 2 N–H and O–H groups in total. The van der Waals surface area contributed by atoms with Gasteiger partial charge < -0.3 is 9.94 Å². The summed E-state index contributed by atoms with van der Waals surface area (Å²) in [6, 6.07) is 18.4. The van der Waals surface area contributed by atoms with Gasteiger partial charge in [0.1, 0.15) is 6.61 Å². The van der Waals surface area contributed by atoms with Gasteiger partial charge in [-0.1, -0.05) is 42.0 Å². The molecule has 1 unspecified atom stereocenters. The first-order valence-corrected chi connectivity index (χ1v) is 16.2. The molecule has 1 aliphatic rings. The lowest BCUT2D eigenvalue weighted by atomic mass is 10.1. The number of hydrogen-bond acceptors (Lipinski definition) is 12. The largest absolute Gasteiger partial charge is 0.756 e. The summed E-state index contributed by atoms with van der Waals surface area (Å²) in [6.07, 6.45) is -7.28. The second-order valence-electron chi connectivity index (χ2n) is 10.9. The zero-order valence-corrected chi connectivity index (χ0v) is 27.4. The molecular weight excluding hydrogens is 687 g/mol. The molecule has 1 atom stereocenters. The number of aromatic nitrogens is 2. The van der Waals surface area contributed by atoms with Crippen molar-refractivity contribution in [2.75, 3.05) is 20.2 Å². The quantitative estimate of drug-likeness (QED) is 0.159. The first kappa shape index (κ1) is 36.1. The molecule has 0 aliphatic carbocycles. The zero-order valence-electron chi connectivity index (χ0n) is 26.5. The molecule has 0 fully saturated rings. The van der Waals surface area contributed by atoms with E-state index in [0.717, 1.165) is 38.4 Å². The lowest BCUT2D eigenvalue weighted by molar-refractivity contribution is -0.192. The molecule has 1 aliphatic heterocycles. The van der Waals surface area contributed by atoms with Crippen LogP contribution in [0.25, 0.3) is 16.9 Å². The summed E-state index contributed by atoms with van der Waals surface area (Å²) in [5.41, 5.74) is 2.85. The van der Waals surface area contributed by atoms with Crippen LogP contribution in [0.5, 0.6) is 0 Å². The van der Waals surface area contributed by atoms with Gasteiger partial charge in [-0.05, 0) is 56.3 Å². The molecule has 0 radical (unpaired) electrons. The summed E-state index contributed by atoms with van der Waals surface area (Å²) in [4.78, 5) is 43.0. The molecule has 3 aromatic carbocycles. The van der Waals surface area contributed by atoms with E-state index in [1.807, 2.05) is 12.5 Å². The van der Waals surface area contributed by atoms with Crippen LogP contribution in [0.3, 0.4) is 0 Å². The SMILES string of the molecule is Cc1ccc(-c2cc(C(F)(F)F)nn2-c2ccc(S(=O)(=O)NC(=O)OCCN(C)N([O-])NOC(C)N3C(=O)c4ccccc4C3=O)cc2)cc1. The minimum Gasteiger partial charge on any atom is -0.756 e. The molecule has 1 aromatic heterocycles. The van der Waals surface area contributed by atoms with Crippen LogP contribution in [0.1, 0.15) is 38.9 Å². The van der Waals surface area contributed by atoms with Gasteiger partial charge in [-0.25, -0.2) is 37.8 Å². The summed E-state index contributed by atoms with van der Waals surface area (Å²) < 4.78 is 73.7. The van der Waals surface area contributed by atoms with Crippen molar-refractivity contribution in [2.45, 2.75) is 31.1 Å². The van der Waals surface area contributed by atoms with Gasteiger partial charge in [-0.15, -0.1) is 5.59 Å². The van der Waals surface area contributed by atoms with E-state index < -0.39 is 57.5 Å². The van der Waals surface area contributed by atoms with Crippen molar-refractivity contribution in [2.24, 2.45) is 0 Å². The lowest BCUT2D eigenvalue weighted by Gasteiger charge is -2.37. The molecular formula is C31H29F3N7O8S-. The molecule has 15 nitrogen and oxygen atoms in total. The Kier molecular flexibility index (Phi) is 10.4. The number of fused-ring (bicyclic) bond motifs is 1. The molecule has 5 rings (SSSR count). The van der Waals surface area contributed by atoms with Crippen molar-refractivity contribution in [3.63, 3.8) is 0 Å². The number of hydrogen-bond donors (Lipinski definition) is 2. The predicted octanol–water partition coefficient (Wildman–Crippen LogP) is 4.01. The predicted molar refractivity (Wildman–Crippen MR) is 169 cm³/mol. The molecule has 264 valence electrons. The van der Waals surface area contributed by atoms with E-state index in [0.29, 0.717) is 5.56 Å². The van der Waals surface area contributed by atoms with Gasteiger partial charge in [0, 0.05) is 19.2 Å². The van der Waals surface area contributed by atoms with Crippen molar-refractivity contribution in [3.8, 4) is 16.9 Å². The number of nitrogens with one attached hydrogen (secondary N) is 2. The molecule has 50 heavy (non-hydrogen) atoms. The minimum atomic E-state index is -4.73. The Bertz CT molecular complexity index is 1970. The molecule has 0 saturated heterocycles. The van der Waals surface area contributed by atoms with E-state index in [1.165, 1.54) is 38.2 Å². The van der Waals surface area contributed by atoms with Gasteiger partial charge in [0.2, 0.25) is 0 Å². The number of aryl methyl sites for hydroxylation is 1. The number of imide groups is 1. The fraction of sp³-hybridized carbons (Fsp3) is 0.226. The number of carbonyl (C=O) groups excluding carboxylic acids is 3. The molecule has 2 heterocycles. The third kappa shape index (κ3) is 7.83. The van der Waals surface area contributed by atoms with E-state index in [9.17, 15) is 41.2 Å². The average Bonchev–Trinajstić information content (AvgIpc) is 3.63. The second-order valence-corrected chi connectivity index (χ2v) is 12.6. The topological polar surface area (TPSA) is 178 Å². The maximum Gasteiger partial charge on any atom is 0.435 e. The van der Waals surface area contributed by atoms with E-state index in [2.05, 4.69) is 5.10 Å². The Morgan fingerprint density at radius 1 is 1.00 bits per heavy atom. The number of hydrazine groups is 2. The molecule has 19 heteroatoms. The van der Waals surface area contributed by atoms with E-state index in [1.54, 1.807) is 41.1 Å².